The molecule has 1 rings (SSSR count). The number of carbonyl (C=O) groups is 2. The van der Waals surface area contributed by atoms with Gasteiger partial charge in [-0.25, -0.2) is 0 Å². The van der Waals surface area contributed by atoms with Gasteiger partial charge in [0.25, 0.3) is 0 Å². The standard InChI is InChI=1S/C13H18BrN3O2.ClH/c1-3-4-11(18)16-7-12(19)17-10-6-9(14)5-8(2)13(10)15;/h5-6H,3-4,7,15H2,1-2H3,(H,16,18)(H,17,19);1H. The summed E-state index contributed by atoms with van der Waals surface area (Å²) in [5.41, 5.74) is 7.82. The molecule has 0 bridgehead atoms. The van der Waals surface area contributed by atoms with Crippen LogP contribution in [0, 0.1) is 6.92 Å². The molecule has 0 aliphatic carbocycles. The third-order valence-electron chi connectivity index (χ3n) is 2.55. The molecule has 5 nitrogen and oxygen atoms in total. The van der Waals surface area contributed by atoms with Crippen molar-refractivity contribution in [3.8, 4) is 0 Å². The van der Waals surface area contributed by atoms with E-state index >= 15 is 0 Å². The van der Waals surface area contributed by atoms with Gasteiger partial charge in [0.15, 0.2) is 0 Å². The molecule has 0 heterocycles. The highest BCUT2D eigenvalue weighted by atomic mass is 79.9. The van der Waals surface area contributed by atoms with Gasteiger partial charge in [-0.2, -0.15) is 0 Å². The first kappa shape index (κ1) is 18.7. The molecule has 0 unspecified atom stereocenters. The van der Waals surface area contributed by atoms with Crippen LogP contribution in [0.3, 0.4) is 0 Å². The number of hydrogen-bond acceptors (Lipinski definition) is 3. The molecular formula is C13H19BrClN3O2. The maximum Gasteiger partial charge on any atom is 0.243 e. The lowest BCUT2D eigenvalue weighted by molar-refractivity contribution is -0.124. The van der Waals surface area contributed by atoms with Crippen molar-refractivity contribution in [3.63, 3.8) is 0 Å². The predicted octanol–water partition coefficient (Wildman–Crippen LogP) is 2.62. The van der Waals surface area contributed by atoms with E-state index in [1.165, 1.54) is 0 Å². The summed E-state index contributed by atoms with van der Waals surface area (Å²) in [5, 5.41) is 5.23. The zero-order chi connectivity index (χ0) is 14.4. The first-order valence-corrected chi connectivity index (χ1v) is 6.85. The summed E-state index contributed by atoms with van der Waals surface area (Å²) in [4.78, 5) is 23.0. The number of nitrogen functional groups attached to an aromatic ring is 1. The molecule has 1 aromatic carbocycles. The van der Waals surface area contributed by atoms with E-state index in [4.69, 9.17) is 5.73 Å². The molecule has 112 valence electrons. The molecule has 0 fully saturated rings. The fraction of sp³-hybridized carbons (Fsp3) is 0.385. The van der Waals surface area contributed by atoms with Crippen LogP contribution in [0.2, 0.25) is 0 Å². The smallest absolute Gasteiger partial charge is 0.243 e. The number of anilines is 2. The Labute approximate surface area is 133 Å². The Morgan fingerprint density at radius 3 is 2.55 bits per heavy atom. The second-order valence-corrected chi connectivity index (χ2v) is 5.17. The molecular weight excluding hydrogens is 346 g/mol. The van der Waals surface area contributed by atoms with Crippen LogP contribution in [0.15, 0.2) is 16.6 Å². The summed E-state index contributed by atoms with van der Waals surface area (Å²) in [6.45, 7) is 3.72. The zero-order valence-corrected chi connectivity index (χ0v) is 13.9. The van der Waals surface area contributed by atoms with Crippen LogP contribution < -0.4 is 16.4 Å². The largest absolute Gasteiger partial charge is 0.397 e. The normalized spacial score (nSPS) is 9.55. The minimum atomic E-state index is -0.298. The maximum atomic E-state index is 11.7. The second-order valence-electron chi connectivity index (χ2n) is 4.26. The van der Waals surface area contributed by atoms with Crippen molar-refractivity contribution in [3.05, 3.63) is 22.2 Å². The average molecular weight is 365 g/mol. The predicted molar refractivity (Wildman–Crippen MR) is 87.1 cm³/mol. The first-order chi connectivity index (χ1) is 8.93. The number of aryl methyl sites for hydroxylation is 1. The van der Waals surface area contributed by atoms with Gasteiger partial charge in [-0.05, 0) is 31.0 Å². The summed E-state index contributed by atoms with van der Waals surface area (Å²) in [7, 11) is 0. The van der Waals surface area contributed by atoms with Crippen LogP contribution in [0.1, 0.15) is 25.3 Å². The molecule has 4 N–H and O–H groups in total. The summed E-state index contributed by atoms with van der Waals surface area (Å²) >= 11 is 3.34. The lowest BCUT2D eigenvalue weighted by atomic mass is 10.1. The molecule has 0 aromatic heterocycles. The number of hydrogen-bond donors (Lipinski definition) is 3. The number of halogens is 2. The van der Waals surface area contributed by atoms with E-state index in [9.17, 15) is 9.59 Å². The SMILES string of the molecule is CCCC(=O)NCC(=O)Nc1cc(Br)cc(C)c1N.Cl. The maximum absolute atomic E-state index is 11.7. The number of amides is 2. The number of benzene rings is 1. The fourth-order valence-corrected chi connectivity index (χ4v) is 2.12. The Kier molecular flexibility index (Phi) is 8.25. The van der Waals surface area contributed by atoms with Crippen LogP contribution in [0.25, 0.3) is 0 Å². The molecule has 0 saturated carbocycles. The molecule has 1 aromatic rings. The van der Waals surface area contributed by atoms with Gasteiger partial charge >= 0.3 is 0 Å². The molecule has 0 saturated heterocycles. The summed E-state index contributed by atoms with van der Waals surface area (Å²) in [6, 6.07) is 3.60. The van der Waals surface area contributed by atoms with Crippen LogP contribution in [-0.2, 0) is 9.59 Å². The van der Waals surface area contributed by atoms with Gasteiger partial charge in [-0.1, -0.05) is 22.9 Å². The van der Waals surface area contributed by atoms with E-state index in [2.05, 4.69) is 26.6 Å². The first-order valence-electron chi connectivity index (χ1n) is 6.06. The highest BCUT2D eigenvalue weighted by Gasteiger charge is 2.09. The van der Waals surface area contributed by atoms with E-state index in [1.807, 2.05) is 19.9 Å². The van der Waals surface area contributed by atoms with Gasteiger partial charge in [0, 0.05) is 10.9 Å². The third-order valence-corrected chi connectivity index (χ3v) is 3.01. The van der Waals surface area contributed by atoms with Gasteiger partial charge in [-0.15, -0.1) is 12.4 Å². The molecule has 7 heteroatoms. The van der Waals surface area contributed by atoms with Gasteiger partial charge in [-0.3, -0.25) is 9.59 Å². The highest BCUT2D eigenvalue weighted by molar-refractivity contribution is 9.10. The number of rotatable bonds is 5. The van der Waals surface area contributed by atoms with Gasteiger partial charge in [0.1, 0.15) is 0 Å². The van der Waals surface area contributed by atoms with E-state index in [0.29, 0.717) is 17.8 Å². The quantitative estimate of drug-likeness (QED) is 0.702. The molecule has 20 heavy (non-hydrogen) atoms. The highest BCUT2D eigenvalue weighted by Crippen LogP contribution is 2.27. The van der Waals surface area contributed by atoms with Crippen LogP contribution >= 0.6 is 28.3 Å². The van der Waals surface area contributed by atoms with Crippen molar-refractivity contribution < 1.29 is 9.59 Å². The van der Waals surface area contributed by atoms with Gasteiger partial charge < -0.3 is 16.4 Å². The Balaban J connectivity index is 0.00000361. The van der Waals surface area contributed by atoms with Crippen molar-refractivity contribution in [2.75, 3.05) is 17.6 Å². The van der Waals surface area contributed by atoms with Crippen LogP contribution in [0.4, 0.5) is 11.4 Å². The number of carbonyl (C=O) groups excluding carboxylic acids is 2. The molecule has 0 spiro atoms. The van der Waals surface area contributed by atoms with E-state index in [1.54, 1.807) is 6.07 Å². The van der Waals surface area contributed by atoms with E-state index in [0.717, 1.165) is 16.5 Å². The van der Waals surface area contributed by atoms with Gasteiger partial charge in [0.05, 0.1) is 17.9 Å². The fourth-order valence-electron chi connectivity index (χ4n) is 1.55. The molecule has 0 radical (unpaired) electrons. The number of nitrogens with one attached hydrogen (secondary N) is 2. The van der Waals surface area contributed by atoms with Crippen molar-refractivity contribution in [1.29, 1.82) is 0 Å². The summed E-state index contributed by atoms with van der Waals surface area (Å²) < 4.78 is 0.838. The Hall–Kier alpha value is -1.27. The topological polar surface area (TPSA) is 84.2 Å². The average Bonchev–Trinajstić information content (AvgIpc) is 2.33. The van der Waals surface area contributed by atoms with Crippen LogP contribution in [-0.4, -0.2) is 18.4 Å². The molecule has 0 atom stereocenters. The Morgan fingerprint density at radius 2 is 1.95 bits per heavy atom. The minimum Gasteiger partial charge on any atom is -0.397 e. The van der Waals surface area contributed by atoms with Crippen molar-refractivity contribution in [1.82, 2.24) is 5.32 Å². The van der Waals surface area contributed by atoms with Crippen molar-refractivity contribution >= 4 is 51.5 Å². The Morgan fingerprint density at radius 1 is 1.30 bits per heavy atom. The summed E-state index contributed by atoms with van der Waals surface area (Å²) in [6.07, 6.45) is 1.18. The van der Waals surface area contributed by atoms with Crippen molar-refractivity contribution in [2.24, 2.45) is 0 Å². The van der Waals surface area contributed by atoms with Gasteiger partial charge in [0.2, 0.25) is 11.8 Å². The van der Waals surface area contributed by atoms with Crippen LogP contribution in [0.5, 0.6) is 0 Å². The lowest BCUT2D eigenvalue weighted by Gasteiger charge is -2.11. The lowest BCUT2D eigenvalue weighted by Crippen LogP contribution is -2.32. The second kappa shape index (κ2) is 8.81. The van der Waals surface area contributed by atoms with E-state index in [-0.39, 0.29) is 30.8 Å². The molecule has 2 amide bonds. The molecule has 0 aliphatic heterocycles. The summed E-state index contributed by atoms with van der Waals surface area (Å²) in [5.74, 6) is -0.426. The number of nitrogens with two attached hydrogens (primary N) is 1. The monoisotopic (exact) mass is 363 g/mol. The van der Waals surface area contributed by atoms with Crippen molar-refractivity contribution in [2.45, 2.75) is 26.7 Å². The zero-order valence-electron chi connectivity index (χ0n) is 11.5. The third kappa shape index (κ3) is 5.79. The molecule has 0 aliphatic rings. The van der Waals surface area contributed by atoms with E-state index < -0.39 is 0 Å². The minimum absolute atomic E-state index is 0. The Bertz CT molecular complexity index is 495.